The molecule has 1 saturated carbocycles. The minimum atomic E-state index is -0.284. The molecule has 2 aliphatic carbocycles. The van der Waals surface area contributed by atoms with E-state index >= 15 is 0 Å². The molecular formula is C15H21BrN2O2. The van der Waals surface area contributed by atoms with Crippen LogP contribution in [0.3, 0.4) is 0 Å². The van der Waals surface area contributed by atoms with E-state index in [1.807, 2.05) is 11.7 Å². The highest BCUT2D eigenvalue weighted by Crippen LogP contribution is 2.54. The third-order valence-electron chi connectivity index (χ3n) is 5.65. The highest BCUT2D eigenvalue weighted by atomic mass is 79.9. The molecule has 1 aromatic heterocycles. The molecule has 1 spiro atoms. The number of fused-ring (bicyclic) bond motifs is 3. The summed E-state index contributed by atoms with van der Waals surface area (Å²) in [6.07, 6.45) is 5.45. The Balaban J connectivity index is 1.71. The molecule has 0 bridgehead atoms. The van der Waals surface area contributed by atoms with E-state index in [4.69, 9.17) is 14.6 Å². The summed E-state index contributed by atoms with van der Waals surface area (Å²) in [7, 11) is 2.02. The van der Waals surface area contributed by atoms with Gasteiger partial charge in [-0.1, -0.05) is 6.92 Å². The number of hydrogen-bond donors (Lipinski definition) is 0. The zero-order valence-electron chi connectivity index (χ0n) is 12.1. The van der Waals surface area contributed by atoms with Crippen molar-refractivity contribution in [3.63, 3.8) is 0 Å². The molecule has 4 rings (SSSR count). The fourth-order valence-electron chi connectivity index (χ4n) is 4.39. The predicted octanol–water partition coefficient (Wildman–Crippen LogP) is 2.93. The fraction of sp³-hybridized carbons (Fsp3) is 0.800. The number of rotatable bonds is 0. The zero-order valence-corrected chi connectivity index (χ0v) is 13.7. The van der Waals surface area contributed by atoms with Crippen molar-refractivity contribution in [2.24, 2.45) is 13.0 Å². The molecule has 1 saturated heterocycles. The van der Waals surface area contributed by atoms with Gasteiger partial charge in [0.05, 0.1) is 18.9 Å². The zero-order chi connectivity index (χ0) is 14.0. The topological polar surface area (TPSA) is 36.3 Å². The standard InChI is InChI=1S/C15H21BrN2O2/c1-14-5-6-15(19-7-8-20-15)9-10(14)3-4-11-12(14)17-18(2)13(11)16/h10H,3-9H2,1-2H3/t10?,14-/m0/s1. The Kier molecular flexibility index (Phi) is 2.86. The first kappa shape index (κ1) is 13.3. The fourth-order valence-corrected chi connectivity index (χ4v) is 4.86. The summed E-state index contributed by atoms with van der Waals surface area (Å²) < 4.78 is 15.0. The van der Waals surface area contributed by atoms with E-state index in [1.54, 1.807) is 0 Å². The summed E-state index contributed by atoms with van der Waals surface area (Å²) in [5, 5.41) is 4.81. The molecule has 2 atom stereocenters. The van der Waals surface area contributed by atoms with Gasteiger partial charge in [-0.2, -0.15) is 5.10 Å². The van der Waals surface area contributed by atoms with Gasteiger partial charge in [0.15, 0.2) is 5.79 Å². The molecule has 1 unspecified atom stereocenters. The van der Waals surface area contributed by atoms with Gasteiger partial charge in [0.2, 0.25) is 0 Å². The molecule has 5 heteroatoms. The van der Waals surface area contributed by atoms with E-state index in [1.165, 1.54) is 17.7 Å². The summed E-state index contributed by atoms with van der Waals surface area (Å²) in [6.45, 7) is 3.89. The summed E-state index contributed by atoms with van der Waals surface area (Å²) >= 11 is 3.69. The Bertz CT molecular complexity index is 550. The summed E-state index contributed by atoms with van der Waals surface area (Å²) in [4.78, 5) is 0. The molecule has 2 fully saturated rings. The quantitative estimate of drug-likeness (QED) is 0.728. The molecule has 110 valence electrons. The van der Waals surface area contributed by atoms with E-state index < -0.39 is 0 Å². The van der Waals surface area contributed by atoms with Crippen LogP contribution < -0.4 is 0 Å². The van der Waals surface area contributed by atoms with Crippen LogP contribution in [-0.4, -0.2) is 28.8 Å². The molecule has 1 aromatic rings. The van der Waals surface area contributed by atoms with Gasteiger partial charge in [-0.25, -0.2) is 0 Å². The average Bonchev–Trinajstić information content (AvgIpc) is 2.99. The SMILES string of the molecule is Cn1nc2c(c1Br)CCC1CC3(CC[C@]21C)OCCO3. The first-order valence-electron chi connectivity index (χ1n) is 7.54. The highest BCUT2D eigenvalue weighted by Gasteiger charge is 2.53. The maximum atomic E-state index is 5.94. The van der Waals surface area contributed by atoms with Crippen LogP contribution in [-0.2, 0) is 28.4 Å². The van der Waals surface area contributed by atoms with Gasteiger partial charge in [-0.3, -0.25) is 4.68 Å². The Morgan fingerprint density at radius 1 is 1.30 bits per heavy atom. The Morgan fingerprint density at radius 2 is 2.05 bits per heavy atom. The molecule has 2 heterocycles. The third-order valence-corrected chi connectivity index (χ3v) is 6.64. The molecule has 3 aliphatic rings. The highest BCUT2D eigenvalue weighted by molar-refractivity contribution is 9.10. The van der Waals surface area contributed by atoms with Gasteiger partial charge in [-0.05, 0) is 41.1 Å². The molecule has 20 heavy (non-hydrogen) atoms. The molecular weight excluding hydrogens is 320 g/mol. The minimum absolute atomic E-state index is 0.178. The largest absolute Gasteiger partial charge is 0.348 e. The van der Waals surface area contributed by atoms with E-state index in [2.05, 4.69) is 22.9 Å². The maximum Gasteiger partial charge on any atom is 0.168 e. The summed E-state index contributed by atoms with van der Waals surface area (Å²) in [6, 6.07) is 0. The van der Waals surface area contributed by atoms with Gasteiger partial charge in [0, 0.05) is 30.9 Å². The van der Waals surface area contributed by atoms with Crippen molar-refractivity contribution in [2.75, 3.05) is 13.2 Å². The number of ether oxygens (including phenoxy) is 2. The average molecular weight is 341 g/mol. The van der Waals surface area contributed by atoms with Gasteiger partial charge in [-0.15, -0.1) is 0 Å². The van der Waals surface area contributed by atoms with Crippen LogP contribution in [0.4, 0.5) is 0 Å². The van der Waals surface area contributed by atoms with Crippen molar-refractivity contribution in [3.8, 4) is 0 Å². The Hall–Kier alpha value is -0.390. The van der Waals surface area contributed by atoms with Crippen molar-refractivity contribution >= 4 is 15.9 Å². The van der Waals surface area contributed by atoms with E-state index in [0.29, 0.717) is 5.92 Å². The number of aromatic nitrogens is 2. The summed E-state index contributed by atoms with van der Waals surface area (Å²) in [5.41, 5.74) is 2.89. The second kappa shape index (κ2) is 4.31. The normalized spacial score (nSPS) is 35.0. The molecule has 4 nitrogen and oxygen atoms in total. The van der Waals surface area contributed by atoms with E-state index in [-0.39, 0.29) is 11.2 Å². The number of nitrogens with zero attached hydrogens (tertiary/aromatic N) is 2. The number of hydrogen-bond acceptors (Lipinski definition) is 3. The molecule has 0 amide bonds. The number of aryl methyl sites for hydroxylation is 1. The monoisotopic (exact) mass is 340 g/mol. The Labute approximate surface area is 127 Å². The van der Waals surface area contributed by atoms with E-state index in [0.717, 1.165) is 43.5 Å². The van der Waals surface area contributed by atoms with Crippen LogP contribution >= 0.6 is 15.9 Å². The van der Waals surface area contributed by atoms with Crippen LogP contribution in [0.25, 0.3) is 0 Å². The van der Waals surface area contributed by atoms with E-state index in [9.17, 15) is 0 Å². The number of halogens is 1. The summed E-state index contributed by atoms with van der Waals surface area (Å²) in [5.74, 6) is 0.330. The van der Waals surface area contributed by atoms with Gasteiger partial charge in [0.1, 0.15) is 4.60 Å². The van der Waals surface area contributed by atoms with Crippen molar-refractivity contribution in [3.05, 3.63) is 15.9 Å². The molecule has 0 aromatic carbocycles. The van der Waals surface area contributed by atoms with Crippen molar-refractivity contribution in [1.82, 2.24) is 9.78 Å². The van der Waals surface area contributed by atoms with Crippen LogP contribution in [0.1, 0.15) is 43.9 Å². The minimum Gasteiger partial charge on any atom is -0.348 e. The van der Waals surface area contributed by atoms with Crippen molar-refractivity contribution in [1.29, 1.82) is 0 Å². The first-order chi connectivity index (χ1) is 9.54. The molecule has 1 aliphatic heterocycles. The molecule has 0 radical (unpaired) electrons. The van der Waals surface area contributed by atoms with Gasteiger partial charge >= 0.3 is 0 Å². The second-order valence-corrected chi connectivity index (χ2v) is 7.46. The van der Waals surface area contributed by atoms with Gasteiger partial charge < -0.3 is 9.47 Å². The van der Waals surface area contributed by atoms with Crippen LogP contribution in [0.5, 0.6) is 0 Å². The Morgan fingerprint density at radius 3 is 2.80 bits per heavy atom. The molecule has 0 N–H and O–H groups in total. The van der Waals surface area contributed by atoms with Crippen molar-refractivity contribution < 1.29 is 9.47 Å². The lowest BCUT2D eigenvalue weighted by atomic mass is 9.59. The predicted molar refractivity (Wildman–Crippen MR) is 78.6 cm³/mol. The van der Waals surface area contributed by atoms with Crippen LogP contribution in [0.15, 0.2) is 4.60 Å². The first-order valence-corrected chi connectivity index (χ1v) is 8.33. The maximum absolute atomic E-state index is 5.94. The smallest absolute Gasteiger partial charge is 0.168 e. The van der Waals surface area contributed by atoms with Crippen LogP contribution in [0.2, 0.25) is 0 Å². The lowest BCUT2D eigenvalue weighted by Gasteiger charge is -2.49. The second-order valence-electron chi connectivity index (χ2n) is 6.71. The lowest BCUT2D eigenvalue weighted by Crippen LogP contribution is -2.49. The van der Waals surface area contributed by atoms with Gasteiger partial charge in [0.25, 0.3) is 0 Å². The van der Waals surface area contributed by atoms with Crippen molar-refractivity contribution in [2.45, 2.75) is 50.2 Å². The third kappa shape index (κ3) is 1.69. The lowest BCUT2D eigenvalue weighted by molar-refractivity contribution is -0.199. The van der Waals surface area contributed by atoms with Crippen LogP contribution in [0, 0.1) is 5.92 Å².